The topological polar surface area (TPSA) is 84.2 Å². The maximum Gasteiger partial charge on any atom is 0.329 e. The SMILES string of the molecule is CCC[C@](C)(NC(=O)CCc1c(C)nn(C)c1C)C(=O)O. The predicted octanol–water partition coefficient (Wildman–Crippen LogP) is 1.73. The number of carboxylic acid groups (broad SMARTS) is 1. The summed E-state index contributed by atoms with van der Waals surface area (Å²) in [7, 11) is 1.87. The number of nitrogens with zero attached hydrogens (tertiary/aromatic N) is 2. The van der Waals surface area contributed by atoms with Crippen molar-refractivity contribution in [3.63, 3.8) is 0 Å². The molecule has 1 aromatic heterocycles. The number of carboxylic acids is 1. The van der Waals surface area contributed by atoms with Crippen LogP contribution in [0.4, 0.5) is 0 Å². The molecule has 6 heteroatoms. The second-order valence-corrected chi connectivity index (χ2v) is 5.71. The van der Waals surface area contributed by atoms with Crippen LogP contribution >= 0.6 is 0 Å². The number of rotatable bonds is 7. The molecule has 118 valence electrons. The maximum absolute atomic E-state index is 12.0. The Morgan fingerprint density at radius 2 is 2.00 bits per heavy atom. The third kappa shape index (κ3) is 4.06. The molecular weight excluding hydrogens is 270 g/mol. The van der Waals surface area contributed by atoms with E-state index in [9.17, 15) is 14.7 Å². The van der Waals surface area contributed by atoms with Crippen LogP contribution in [-0.4, -0.2) is 32.3 Å². The van der Waals surface area contributed by atoms with Crippen molar-refractivity contribution in [2.24, 2.45) is 7.05 Å². The Morgan fingerprint density at radius 3 is 2.43 bits per heavy atom. The molecule has 21 heavy (non-hydrogen) atoms. The highest BCUT2D eigenvalue weighted by Crippen LogP contribution is 2.16. The van der Waals surface area contributed by atoms with Crippen LogP contribution in [0, 0.1) is 13.8 Å². The van der Waals surface area contributed by atoms with E-state index in [1.165, 1.54) is 0 Å². The normalized spacial score (nSPS) is 13.8. The second kappa shape index (κ2) is 6.74. The standard InChI is InChI=1S/C15H25N3O3/c1-6-9-15(4,14(20)21)16-13(19)8-7-12-10(2)17-18(5)11(12)3/h6-9H2,1-5H3,(H,16,19)(H,20,21)/t15-/m0/s1. The fraction of sp³-hybridized carbons (Fsp3) is 0.667. The van der Waals surface area contributed by atoms with Gasteiger partial charge in [0.15, 0.2) is 0 Å². The number of aliphatic carboxylic acids is 1. The van der Waals surface area contributed by atoms with Crippen molar-refractivity contribution < 1.29 is 14.7 Å². The van der Waals surface area contributed by atoms with Crippen LogP contribution in [0.3, 0.4) is 0 Å². The summed E-state index contributed by atoms with van der Waals surface area (Å²) >= 11 is 0. The molecule has 0 aromatic carbocycles. The van der Waals surface area contributed by atoms with Crippen LogP contribution in [0.15, 0.2) is 0 Å². The largest absolute Gasteiger partial charge is 0.480 e. The molecule has 0 aliphatic rings. The summed E-state index contributed by atoms with van der Waals surface area (Å²) in [6, 6.07) is 0. The molecule has 0 radical (unpaired) electrons. The van der Waals surface area contributed by atoms with E-state index >= 15 is 0 Å². The van der Waals surface area contributed by atoms with Crippen molar-refractivity contribution in [2.75, 3.05) is 0 Å². The molecule has 1 amide bonds. The second-order valence-electron chi connectivity index (χ2n) is 5.71. The van der Waals surface area contributed by atoms with E-state index in [0.29, 0.717) is 19.3 Å². The Labute approximate surface area is 125 Å². The van der Waals surface area contributed by atoms with E-state index in [1.807, 2.05) is 27.8 Å². The van der Waals surface area contributed by atoms with E-state index < -0.39 is 11.5 Å². The molecule has 6 nitrogen and oxygen atoms in total. The van der Waals surface area contributed by atoms with Crippen molar-refractivity contribution in [3.05, 3.63) is 17.0 Å². The summed E-state index contributed by atoms with van der Waals surface area (Å²) in [5.74, 6) is -1.23. The third-order valence-corrected chi connectivity index (χ3v) is 3.90. The number of carbonyl (C=O) groups is 2. The molecule has 1 atom stereocenters. The van der Waals surface area contributed by atoms with Gasteiger partial charge in [0.2, 0.25) is 5.91 Å². The Bertz CT molecular complexity index is 537. The van der Waals surface area contributed by atoms with Gasteiger partial charge in [0, 0.05) is 19.2 Å². The van der Waals surface area contributed by atoms with Crippen LogP contribution in [-0.2, 0) is 23.1 Å². The van der Waals surface area contributed by atoms with E-state index in [-0.39, 0.29) is 12.3 Å². The number of aryl methyl sites for hydroxylation is 2. The lowest BCUT2D eigenvalue weighted by Gasteiger charge is -2.25. The number of aromatic nitrogens is 2. The van der Waals surface area contributed by atoms with Crippen LogP contribution in [0.2, 0.25) is 0 Å². The number of hydrogen-bond acceptors (Lipinski definition) is 3. The maximum atomic E-state index is 12.0. The quantitative estimate of drug-likeness (QED) is 0.802. The van der Waals surface area contributed by atoms with E-state index in [1.54, 1.807) is 11.6 Å². The minimum absolute atomic E-state index is 0.240. The lowest BCUT2D eigenvalue weighted by atomic mass is 9.95. The zero-order valence-corrected chi connectivity index (χ0v) is 13.5. The Balaban J connectivity index is 2.67. The summed E-state index contributed by atoms with van der Waals surface area (Å²) in [5, 5.41) is 16.2. The monoisotopic (exact) mass is 295 g/mol. The van der Waals surface area contributed by atoms with Crippen molar-refractivity contribution >= 4 is 11.9 Å². The van der Waals surface area contributed by atoms with Crippen LogP contribution in [0.5, 0.6) is 0 Å². The lowest BCUT2D eigenvalue weighted by molar-refractivity contribution is -0.147. The molecule has 0 spiro atoms. The van der Waals surface area contributed by atoms with Crippen LogP contribution in [0.1, 0.15) is 50.1 Å². The van der Waals surface area contributed by atoms with Gasteiger partial charge in [-0.15, -0.1) is 0 Å². The smallest absolute Gasteiger partial charge is 0.329 e. The summed E-state index contributed by atoms with van der Waals surface area (Å²) < 4.78 is 1.79. The van der Waals surface area contributed by atoms with Gasteiger partial charge in [-0.1, -0.05) is 13.3 Å². The number of amides is 1. The molecule has 1 rings (SSSR count). The molecule has 0 fully saturated rings. The Morgan fingerprint density at radius 1 is 1.38 bits per heavy atom. The highest BCUT2D eigenvalue weighted by atomic mass is 16.4. The summed E-state index contributed by atoms with van der Waals surface area (Å²) in [5.41, 5.74) is 1.82. The molecular formula is C15H25N3O3. The number of hydrogen-bond donors (Lipinski definition) is 2. The number of carbonyl (C=O) groups excluding carboxylic acids is 1. The minimum Gasteiger partial charge on any atom is -0.480 e. The highest BCUT2D eigenvalue weighted by molar-refractivity contribution is 5.86. The van der Waals surface area contributed by atoms with Crippen molar-refractivity contribution in [1.29, 1.82) is 0 Å². The first-order chi connectivity index (χ1) is 9.71. The highest BCUT2D eigenvalue weighted by Gasteiger charge is 2.33. The van der Waals surface area contributed by atoms with Gasteiger partial charge >= 0.3 is 5.97 Å². The lowest BCUT2D eigenvalue weighted by Crippen LogP contribution is -2.52. The summed E-state index contributed by atoms with van der Waals surface area (Å²) in [6.45, 7) is 7.33. The average Bonchev–Trinajstić information content (AvgIpc) is 2.61. The van der Waals surface area contributed by atoms with Gasteiger partial charge in [-0.25, -0.2) is 4.79 Å². The van der Waals surface area contributed by atoms with Crippen LogP contribution < -0.4 is 5.32 Å². The van der Waals surface area contributed by atoms with E-state index in [2.05, 4.69) is 10.4 Å². The van der Waals surface area contributed by atoms with Crippen molar-refractivity contribution in [2.45, 2.75) is 58.9 Å². The molecule has 0 unspecified atom stereocenters. The first-order valence-corrected chi connectivity index (χ1v) is 7.24. The summed E-state index contributed by atoms with van der Waals surface area (Å²) in [6.07, 6.45) is 1.95. The van der Waals surface area contributed by atoms with Crippen molar-refractivity contribution in [3.8, 4) is 0 Å². The van der Waals surface area contributed by atoms with Crippen LogP contribution in [0.25, 0.3) is 0 Å². The van der Waals surface area contributed by atoms with E-state index in [0.717, 1.165) is 17.0 Å². The molecule has 0 bridgehead atoms. The molecule has 0 saturated carbocycles. The molecule has 0 saturated heterocycles. The van der Waals surface area contributed by atoms with E-state index in [4.69, 9.17) is 0 Å². The molecule has 2 N–H and O–H groups in total. The zero-order valence-electron chi connectivity index (χ0n) is 13.5. The average molecular weight is 295 g/mol. The van der Waals surface area contributed by atoms with Gasteiger partial charge in [-0.05, 0) is 39.2 Å². The summed E-state index contributed by atoms with van der Waals surface area (Å²) in [4.78, 5) is 23.3. The third-order valence-electron chi connectivity index (χ3n) is 3.90. The molecule has 1 heterocycles. The molecule has 1 aromatic rings. The Hall–Kier alpha value is -1.85. The fourth-order valence-corrected chi connectivity index (χ4v) is 2.51. The zero-order chi connectivity index (χ0) is 16.2. The minimum atomic E-state index is -1.19. The fourth-order valence-electron chi connectivity index (χ4n) is 2.51. The van der Waals surface area contributed by atoms with Gasteiger partial charge in [-0.3, -0.25) is 9.48 Å². The first-order valence-electron chi connectivity index (χ1n) is 7.24. The van der Waals surface area contributed by atoms with Gasteiger partial charge in [0.1, 0.15) is 5.54 Å². The van der Waals surface area contributed by atoms with Gasteiger partial charge in [-0.2, -0.15) is 5.10 Å². The molecule has 0 aliphatic carbocycles. The van der Waals surface area contributed by atoms with Crippen molar-refractivity contribution in [1.82, 2.24) is 15.1 Å². The van der Waals surface area contributed by atoms with Gasteiger partial charge in [0.25, 0.3) is 0 Å². The Kier molecular flexibility index (Phi) is 5.52. The number of nitrogens with one attached hydrogen (secondary N) is 1. The molecule has 0 aliphatic heterocycles. The predicted molar refractivity (Wildman–Crippen MR) is 80.1 cm³/mol. The first kappa shape index (κ1) is 17.2. The van der Waals surface area contributed by atoms with Gasteiger partial charge < -0.3 is 10.4 Å². The van der Waals surface area contributed by atoms with Gasteiger partial charge in [0.05, 0.1) is 5.69 Å².